The van der Waals surface area contributed by atoms with Gasteiger partial charge in [0.2, 0.25) is 0 Å². The molecule has 0 aromatic carbocycles. The monoisotopic (exact) mass is 167 g/mol. The highest BCUT2D eigenvalue weighted by atomic mass is 32.2. The van der Waals surface area contributed by atoms with E-state index in [1.165, 1.54) is 25.7 Å². The first-order valence-corrected chi connectivity index (χ1v) is 5.35. The third kappa shape index (κ3) is 1.54. The van der Waals surface area contributed by atoms with Crippen LogP contribution in [0.2, 0.25) is 0 Å². The first-order valence-electron chi connectivity index (χ1n) is 4.41. The minimum atomic E-state index is 0.735. The molecule has 2 bridgehead atoms. The van der Waals surface area contributed by atoms with Crippen molar-refractivity contribution in [3.8, 4) is 6.07 Å². The Labute approximate surface area is 72.2 Å². The van der Waals surface area contributed by atoms with Gasteiger partial charge in [0.15, 0.2) is 0 Å². The Morgan fingerprint density at radius 2 is 1.91 bits per heavy atom. The maximum atomic E-state index is 8.55. The molecule has 0 radical (unpaired) electrons. The van der Waals surface area contributed by atoms with E-state index in [4.69, 9.17) is 5.26 Å². The second-order valence-electron chi connectivity index (χ2n) is 3.66. The normalized spacial score (nSPS) is 41.9. The summed E-state index contributed by atoms with van der Waals surface area (Å²) in [6.45, 7) is 0. The molecular weight excluding hydrogens is 154 g/mol. The molecule has 2 fully saturated rings. The highest BCUT2D eigenvalue weighted by Gasteiger charge is 2.34. The fourth-order valence-corrected chi connectivity index (χ4v) is 4.12. The van der Waals surface area contributed by atoms with Crippen molar-refractivity contribution in [3.63, 3.8) is 0 Å². The molecule has 2 saturated heterocycles. The second-order valence-corrected chi connectivity index (χ2v) is 5.26. The van der Waals surface area contributed by atoms with E-state index in [0.29, 0.717) is 0 Å². The number of hydrogen-bond donors (Lipinski definition) is 0. The van der Waals surface area contributed by atoms with Gasteiger partial charge in [0, 0.05) is 16.9 Å². The zero-order chi connectivity index (χ0) is 7.68. The Balaban J connectivity index is 1.93. The Morgan fingerprint density at radius 1 is 1.27 bits per heavy atom. The van der Waals surface area contributed by atoms with E-state index in [1.807, 2.05) is 0 Å². The molecule has 0 aromatic rings. The predicted molar refractivity (Wildman–Crippen MR) is 47.4 cm³/mol. The van der Waals surface area contributed by atoms with Gasteiger partial charge in [-0.1, -0.05) is 0 Å². The lowest BCUT2D eigenvalue weighted by molar-refractivity contribution is 0.463. The van der Waals surface area contributed by atoms with Gasteiger partial charge >= 0.3 is 0 Å². The fraction of sp³-hybridized carbons (Fsp3) is 0.889. The lowest BCUT2D eigenvalue weighted by Gasteiger charge is -2.25. The molecule has 2 heteroatoms. The van der Waals surface area contributed by atoms with Crippen LogP contribution in [0.15, 0.2) is 0 Å². The molecular formula is C9H13NS. The van der Waals surface area contributed by atoms with Crippen LogP contribution in [0.25, 0.3) is 0 Å². The molecule has 0 aromatic heterocycles. The van der Waals surface area contributed by atoms with Crippen molar-refractivity contribution in [3.05, 3.63) is 0 Å². The van der Waals surface area contributed by atoms with E-state index >= 15 is 0 Å². The molecule has 1 nitrogen and oxygen atoms in total. The van der Waals surface area contributed by atoms with Gasteiger partial charge in [-0.25, -0.2) is 0 Å². The summed E-state index contributed by atoms with van der Waals surface area (Å²) in [6, 6.07) is 2.30. The van der Waals surface area contributed by atoms with Crippen molar-refractivity contribution in [2.24, 2.45) is 5.92 Å². The largest absolute Gasteiger partial charge is 0.198 e. The van der Waals surface area contributed by atoms with Crippen LogP contribution < -0.4 is 0 Å². The molecule has 2 heterocycles. The van der Waals surface area contributed by atoms with E-state index in [1.54, 1.807) is 0 Å². The van der Waals surface area contributed by atoms with Crippen molar-refractivity contribution in [1.82, 2.24) is 0 Å². The smallest absolute Gasteiger partial charge is 0.0624 e. The van der Waals surface area contributed by atoms with E-state index < -0.39 is 0 Å². The number of hydrogen-bond acceptors (Lipinski definition) is 2. The molecule has 0 N–H and O–H groups in total. The molecule has 2 rings (SSSR count). The summed E-state index contributed by atoms with van der Waals surface area (Å²) >= 11 is 2.17. The summed E-state index contributed by atoms with van der Waals surface area (Å²) in [7, 11) is 0. The SMILES string of the molecule is N#CCC1CC2CCC(C1)S2. The van der Waals surface area contributed by atoms with Gasteiger partial charge in [-0.15, -0.1) is 0 Å². The maximum absolute atomic E-state index is 8.55. The van der Waals surface area contributed by atoms with E-state index in [0.717, 1.165) is 22.8 Å². The van der Waals surface area contributed by atoms with E-state index in [2.05, 4.69) is 17.8 Å². The third-order valence-electron chi connectivity index (χ3n) is 2.77. The molecule has 0 amide bonds. The van der Waals surface area contributed by atoms with Crippen LogP contribution >= 0.6 is 11.8 Å². The van der Waals surface area contributed by atoms with Gasteiger partial charge in [-0.05, 0) is 31.6 Å². The summed E-state index contributed by atoms with van der Waals surface area (Å²) in [5.74, 6) is 0.735. The van der Waals surface area contributed by atoms with Crippen molar-refractivity contribution < 1.29 is 0 Å². The topological polar surface area (TPSA) is 23.8 Å². The van der Waals surface area contributed by atoms with Crippen molar-refractivity contribution in [1.29, 1.82) is 5.26 Å². The first kappa shape index (κ1) is 7.49. The summed E-state index contributed by atoms with van der Waals surface area (Å²) in [5.41, 5.74) is 0. The molecule has 2 aliphatic rings. The van der Waals surface area contributed by atoms with Gasteiger partial charge in [-0.2, -0.15) is 17.0 Å². The molecule has 0 spiro atoms. The van der Waals surface area contributed by atoms with Gasteiger partial charge in [0.1, 0.15) is 0 Å². The number of nitriles is 1. The average molecular weight is 167 g/mol. The molecule has 2 aliphatic heterocycles. The number of thioether (sulfide) groups is 1. The third-order valence-corrected chi connectivity index (χ3v) is 4.39. The minimum absolute atomic E-state index is 0.735. The quantitative estimate of drug-likeness (QED) is 0.599. The summed E-state index contributed by atoms with van der Waals surface area (Å²) in [5, 5.41) is 10.4. The van der Waals surface area contributed by atoms with Crippen LogP contribution in [0.5, 0.6) is 0 Å². The number of fused-ring (bicyclic) bond motifs is 2. The van der Waals surface area contributed by atoms with Gasteiger partial charge in [0.05, 0.1) is 6.07 Å². The van der Waals surface area contributed by atoms with Crippen LogP contribution in [0.1, 0.15) is 32.1 Å². The minimum Gasteiger partial charge on any atom is -0.198 e. The standard InChI is InChI=1S/C9H13NS/c10-4-3-7-5-8-1-2-9(6-7)11-8/h7-9H,1-3,5-6H2. The van der Waals surface area contributed by atoms with Gasteiger partial charge in [0.25, 0.3) is 0 Å². The van der Waals surface area contributed by atoms with Gasteiger partial charge in [-0.3, -0.25) is 0 Å². The van der Waals surface area contributed by atoms with Crippen molar-refractivity contribution in [2.75, 3.05) is 0 Å². The van der Waals surface area contributed by atoms with Crippen LogP contribution in [-0.4, -0.2) is 10.5 Å². The van der Waals surface area contributed by atoms with Crippen LogP contribution in [-0.2, 0) is 0 Å². The lowest BCUT2D eigenvalue weighted by atomic mass is 9.97. The molecule has 11 heavy (non-hydrogen) atoms. The Hall–Kier alpha value is -0.160. The highest BCUT2D eigenvalue weighted by Crippen LogP contribution is 2.46. The number of nitrogens with zero attached hydrogens (tertiary/aromatic N) is 1. The second kappa shape index (κ2) is 3.06. The van der Waals surface area contributed by atoms with Crippen molar-refractivity contribution in [2.45, 2.75) is 42.6 Å². The fourth-order valence-electron chi connectivity index (χ4n) is 2.26. The lowest BCUT2D eigenvalue weighted by Crippen LogP contribution is -2.16. The van der Waals surface area contributed by atoms with E-state index in [-0.39, 0.29) is 0 Å². The molecule has 0 aliphatic carbocycles. The van der Waals surface area contributed by atoms with Crippen molar-refractivity contribution >= 4 is 11.8 Å². The summed E-state index contributed by atoms with van der Waals surface area (Å²) < 4.78 is 0. The van der Waals surface area contributed by atoms with Crippen LogP contribution in [0, 0.1) is 17.2 Å². The highest BCUT2D eigenvalue weighted by molar-refractivity contribution is 8.00. The zero-order valence-electron chi connectivity index (χ0n) is 6.62. The average Bonchev–Trinajstić information content (AvgIpc) is 2.32. The Morgan fingerprint density at radius 3 is 2.45 bits per heavy atom. The Bertz CT molecular complexity index is 172. The van der Waals surface area contributed by atoms with E-state index in [9.17, 15) is 0 Å². The molecule has 0 saturated carbocycles. The molecule has 2 atom stereocenters. The zero-order valence-corrected chi connectivity index (χ0v) is 7.44. The van der Waals surface area contributed by atoms with Crippen LogP contribution in [0.3, 0.4) is 0 Å². The van der Waals surface area contributed by atoms with Crippen LogP contribution in [0.4, 0.5) is 0 Å². The Kier molecular flexibility index (Phi) is 2.09. The predicted octanol–water partition coefficient (Wildman–Crippen LogP) is 2.57. The summed E-state index contributed by atoms with van der Waals surface area (Å²) in [6.07, 6.45) is 6.26. The molecule has 60 valence electrons. The molecule has 2 unspecified atom stereocenters. The maximum Gasteiger partial charge on any atom is 0.0624 e. The van der Waals surface area contributed by atoms with Gasteiger partial charge < -0.3 is 0 Å². The summed E-state index contributed by atoms with van der Waals surface area (Å²) in [4.78, 5) is 0. The first-order chi connectivity index (χ1) is 5.38. The number of rotatable bonds is 1.